The summed E-state index contributed by atoms with van der Waals surface area (Å²) < 4.78 is 4.96. The highest BCUT2D eigenvalue weighted by Gasteiger charge is 2.10. The number of unbranched alkanes of at least 4 members (excludes halogenated alkanes) is 1. The first kappa shape index (κ1) is 16.4. The van der Waals surface area contributed by atoms with E-state index < -0.39 is 0 Å². The van der Waals surface area contributed by atoms with Crippen molar-refractivity contribution in [2.24, 2.45) is 0 Å². The summed E-state index contributed by atoms with van der Waals surface area (Å²) in [5.41, 5.74) is 0. The van der Waals surface area contributed by atoms with E-state index in [0.29, 0.717) is 12.5 Å². The summed E-state index contributed by atoms with van der Waals surface area (Å²) in [4.78, 5) is 11.5. The Hall–Kier alpha value is -0.610. The number of ether oxygens (including phenoxy) is 1. The molecule has 0 bridgehead atoms. The molecule has 1 amide bonds. The Bertz CT molecular complexity index is 226. The molecule has 1 saturated carbocycles. The maximum atomic E-state index is 11.5. The van der Waals surface area contributed by atoms with Crippen LogP contribution in [0.1, 0.15) is 57.8 Å². The molecule has 1 aliphatic rings. The highest BCUT2D eigenvalue weighted by atomic mass is 16.5. The van der Waals surface area contributed by atoms with Crippen molar-refractivity contribution >= 4 is 5.91 Å². The van der Waals surface area contributed by atoms with Crippen molar-refractivity contribution in [3.8, 4) is 0 Å². The van der Waals surface area contributed by atoms with Crippen LogP contribution in [0.2, 0.25) is 0 Å². The normalized spacial score (nSPS) is 17.1. The lowest BCUT2D eigenvalue weighted by atomic mass is 10.1. The second kappa shape index (κ2) is 11.2. The molecule has 0 aromatic rings. The van der Waals surface area contributed by atoms with E-state index in [-0.39, 0.29) is 5.91 Å². The van der Waals surface area contributed by atoms with E-state index in [2.05, 4.69) is 10.6 Å². The number of methoxy groups -OCH3 is 1. The molecule has 112 valence electrons. The maximum Gasteiger partial charge on any atom is 0.220 e. The van der Waals surface area contributed by atoms with Gasteiger partial charge in [-0.3, -0.25) is 4.79 Å². The van der Waals surface area contributed by atoms with Gasteiger partial charge in [0.25, 0.3) is 0 Å². The summed E-state index contributed by atoms with van der Waals surface area (Å²) in [6.45, 7) is 2.39. The van der Waals surface area contributed by atoms with Crippen LogP contribution in [0.5, 0.6) is 0 Å². The van der Waals surface area contributed by atoms with Crippen LogP contribution < -0.4 is 10.6 Å². The fraction of sp³-hybridized carbons (Fsp3) is 0.933. The van der Waals surface area contributed by atoms with Crippen LogP contribution in [0, 0.1) is 0 Å². The second-order valence-corrected chi connectivity index (χ2v) is 5.44. The van der Waals surface area contributed by atoms with Crippen LogP contribution in [0.4, 0.5) is 0 Å². The lowest BCUT2D eigenvalue weighted by molar-refractivity contribution is -0.121. The standard InChI is InChI=1S/C15H30N2O2/c1-19-13-7-6-10-15(18)17-12-11-16-14-8-4-2-3-5-9-14/h14,16H,2-13H2,1H3,(H,17,18). The molecule has 2 N–H and O–H groups in total. The van der Waals surface area contributed by atoms with Crippen molar-refractivity contribution in [3.05, 3.63) is 0 Å². The summed E-state index contributed by atoms with van der Waals surface area (Å²) in [7, 11) is 1.69. The highest BCUT2D eigenvalue weighted by Crippen LogP contribution is 2.16. The number of hydrogen-bond acceptors (Lipinski definition) is 3. The van der Waals surface area contributed by atoms with Crippen LogP contribution in [-0.4, -0.2) is 38.8 Å². The van der Waals surface area contributed by atoms with Crippen molar-refractivity contribution in [1.29, 1.82) is 0 Å². The van der Waals surface area contributed by atoms with Gasteiger partial charge in [-0.05, 0) is 25.7 Å². The van der Waals surface area contributed by atoms with Crippen molar-refractivity contribution in [3.63, 3.8) is 0 Å². The molecule has 0 aromatic carbocycles. The molecule has 0 saturated heterocycles. The average molecular weight is 270 g/mol. The molecule has 0 radical (unpaired) electrons. The third-order valence-electron chi connectivity index (χ3n) is 3.74. The van der Waals surface area contributed by atoms with Gasteiger partial charge in [0.1, 0.15) is 0 Å². The van der Waals surface area contributed by atoms with Gasteiger partial charge < -0.3 is 15.4 Å². The maximum absolute atomic E-state index is 11.5. The monoisotopic (exact) mass is 270 g/mol. The van der Waals surface area contributed by atoms with Gasteiger partial charge in [-0.2, -0.15) is 0 Å². The van der Waals surface area contributed by atoms with Gasteiger partial charge in [-0.25, -0.2) is 0 Å². The summed E-state index contributed by atoms with van der Waals surface area (Å²) >= 11 is 0. The largest absolute Gasteiger partial charge is 0.385 e. The SMILES string of the molecule is COCCCCC(=O)NCCNC1CCCCCC1. The molecule has 0 atom stereocenters. The molecule has 0 spiro atoms. The summed E-state index contributed by atoms with van der Waals surface area (Å²) in [6, 6.07) is 0.668. The quantitative estimate of drug-likeness (QED) is 0.499. The summed E-state index contributed by atoms with van der Waals surface area (Å²) in [5, 5.41) is 6.53. The van der Waals surface area contributed by atoms with Crippen molar-refractivity contribution in [2.45, 2.75) is 63.8 Å². The predicted molar refractivity (Wildman–Crippen MR) is 78.2 cm³/mol. The van der Waals surface area contributed by atoms with E-state index in [9.17, 15) is 4.79 Å². The highest BCUT2D eigenvalue weighted by molar-refractivity contribution is 5.75. The summed E-state index contributed by atoms with van der Waals surface area (Å²) in [6.07, 6.45) is 10.6. The molecule has 0 aromatic heterocycles. The van der Waals surface area contributed by atoms with Crippen LogP contribution in [0.25, 0.3) is 0 Å². The zero-order valence-corrected chi connectivity index (χ0v) is 12.4. The fourth-order valence-electron chi connectivity index (χ4n) is 2.58. The van der Waals surface area contributed by atoms with Crippen molar-refractivity contribution in [2.75, 3.05) is 26.8 Å². The van der Waals surface area contributed by atoms with E-state index in [1.54, 1.807) is 7.11 Å². The van der Waals surface area contributed by atoms with Gasteiger partial charge in [-0.15, -0.1) is 0 Å². The third kappa shape index (κ3) is 9.00. The Labute approximate surface area is 117 Å². The van der Waals surface area contributed by atoms with Crippen molar-refractivity contribution < 1.29 is 9.53 Å². The van der Waals surface area contributed by atoms with Crippen LogP contribution in [0.15, 0.2) is 0 Å². The second-order valence-electron chi connectivity index (χ2n) is 5.44. The Morgan fingerprint density at radius 3 is 2.53 bits per heavy atom. The number of amides is 1. The Morgan fingerprint density at radius 2 is 1.84 bits per heavy atom. The third-order valence-corrected chi connectivity index (χ3v) is 3.74. The molecule has 1 rings (SSSR count). The molecule has 1 fully saturated rings. The number of hydrogen-bond donors (Lipinski definition) is 2. The zero-order chi connectivity index (χ0) is 13.8. The molecular weight excluding hydrogens is 240 g/mol. The van der Waals surface area contributed by atoms with Crippen molar-refractivity contribution in [1.82, 2.24) is 10.6 Å². The smallest absolute Gasteiger partial charge is 0.220 e. The first-order valence-corrected chi connectivity index (χ1v) is 7.82. The van der Waals surface area contributed by atoms with Crippen LogP contribution in [0.3, 0.4) is 0 Å². The molecular formula is C15H30N2O2. The Morgan fingerprint density at radius 1 is 1.11 bits per heavy atom. The fourth-order valence-corrected chi connectivity index (χ4v) is 2.58. The van der Waals surface area contributed by atoms with Gasteiger partial charge in [0.15, 0.2) is 0 Å². The van der Waals surface area contributed by atoms with E-state index in [1.807, 2.05) is 0 Å². The Kier molecular flexibility index (Phi) is 9.72. The summed E-state index contributed by atoms with van der Waals surface area (Å²) in [5.74, 6) is 0.166. The first-order valence-electron chi connectivity index (χ1n) is 7.82. The zero-order valence-electron chi connectivity index (χ0n) is 12.4. The van der Waals surface area contributed by atoms with Crippen LogP contribution in [-0.2, 0) is 9.53 Å². The van der Waals surface area contributed by atoms with Crippen LogP contribution >= 0.6 is 0 Å². The minimum atomic E-state index is 0.166. The number of rotatable bonds is 9. The van der Waals surface area contributed by atoms with Gasteiger partial charge >= 0.3 is 0 Å². The lowest BCUT2D eigenvalue weighted by Gasteiger charge is -2.16. The van der Waals surface area contributed by atoms with Gasteiger partial charge in [-0.1, -0.05) is 25.7 Å². The molecule has 0 unspecified atom stereocenters. The Balaban J connectivity index is 1.92. The van der Waals surface area contributed by atoms with Gasteiger partial charge in [0.2, 0.25) is 5.91 Å². The minimum absolute atomic E-state index is 0.166. The first-order chi connectivity index (χ1) is 9.33. The minimum Gasteiger partial charge on any atom is -0.385 e. The average Bonchev–Trinajstić information content (AvgIpc) is 2.68. The molecule has 4 heteroatoms. The topological polar surface area (TPSA) is 50.4 Å². The molecule has 19 heavy (non-hydrogen) atoms. The lowest BCUT2D eigenvalue weighted by Crippen LogP contribution is -2.36. The number of carbonyl (C=O) groups is 1. The van der Waals surface area contributed by atoms with E-state index in [1.165, 1.54) is 38.5 Å². The number of nitrogens with one attached hydrogen (secondary N) is 2. The van der Waals surface area contributed by atoms with E-state index in [4.69, 9.17) is 4.74 Å². The van der Waals surface area contributed by atoms with Gasteiger partial charge in [0.05, 0.1) is 0 Å². The molecule has 1 aliphatic carbocycles. The van der Waals surface area contributed by atoms with Gasteiger partial charge in [0, 0.05) is 39.3 Å². The van der Waals surface area contributed by atoms with E-state index >= 15 is 0 Å². The van der Waals surface area contributed by atoms with E-state index in [0.717, 1.165) is 32.5 Å². The molecule has 0 heterocycles. The predicted octanol–water partition coefficient (Wildman–Crippen LogP) is 2.23. The molecule has 0 aliphatic heterocycles. The number of carbonyl (C=O) groups excluding carboxylic acids is 1. The molecule has 4 nitrogen and oxygen atoms in total.